The number of hydrogen-bond acceptors (Lipinski definition) is 3. The van der Waals surface area contributed by atoms with Crippen LogP contribution >= 0.6 is 0 Å². The second kappa shape index (κ2) is 6.12. The van der Waals surface area contributed by atoms with Gasteiger partial charge in [-0.15, -0.1) is 0 Å². The molecule has 0 amide bonds. The average Bonchev–Trinajstić information content (AvgIpc) is 2.38. The first-order valence-corrected chi connectivity index (χ1v) is 6.52. The molecule has 1 saturated heterocycles. The molecule has 1 N–H and O–H groups in total. The van der Waals surface area contributed by atoms with Crippen LogP contribution < -0.4 is 5.32 Å². The Morgan fingerprint density at radius 1 is 1.29 bits per heavy atom. The Morgan fingerprint density at radius 2 is 1.94 bits per heavy atom. The average molecular weight is 233 g/mol. The van der Waals surface area contributed by atoms with Crippen molar-refractivity contribution in [3.05, 3.63) is 30.1 Å². The lowest BCUT2D eigenvalue weighted by atomic mass is 9.80. The van der Waals surface area contributed by atoms with Crippen molar-refractivity contribution in [2.24, 2.45) is 5.92 Å². The largest absolute Gasteiger partial charge is 0.317 e. The third-order valence-corrected chi connectivity index (χ3v) is 3.65. The molecular weight excluding hydrogens is 210 g/mol. The molecular formula is C14H23N3. The van der Waals surface area contributed by atoms with E-state index in [0.717, 1.165) is 12.5 Å². The van der Waals surface area contributed by atoms with Crippen molar-refractivity contribution in [1.82, 2.24) is 15.2 Å². The van der Waals surface area contributed by atoms with E-state index >= 15 is 0 Å². The van der Waals surface area contributed by atoms with Crippen molar-refractivity contribution < 1.29 is 0 Å². The molecule has 1 atom stereocenters. The number of likely N-dealkylation sites (N-methyl/N-ethyl adjacent to an activating group) is 1. The molecule has 1 unspecified atom stereocenters. The molecule has 1 fully saturated rings. The van der Waals surface area contributed by atoms with Gasteiger partial charge in [-0.2, -0.15) is 0 Å². The van der Waals surface area contributed by atoms with Gasteiger partial charge in [0.25, 0.3) is 0 Å². The molecule has 1 aliphatic rings. The predicted molar refractivity (Wildman–Crippen MR) is 71.1 cm³/mol. The predicted octanol–water partition coefficient (Wildman–Crippen LogP) is 1.73. The Morgan fingerprint density at radius 3 is 2.53 bits per heavy atom. The van der Waals surface area contributed by atoms with Crippen molar-refractivity contribution in [2.45, 2.75) is 18.8 Å². The maximum Gasteiger partial charge on any atom is 0.0270 e. The summed E-state index contributed by atoms with van der Waals surface area (Å²) in [5.74, 6) is 1.45. The number of nitrogens with zero attached hydrogens (tertiary/aromatic N) is 2. The van der Waals surface area contributed by atoms with Gasteiger partial charge in [0.2, 0.25) is 0 Å². The Balaban J connectivity index is 2.12. The molecule has 0 bridgehead atoms. The first kappa shape index (κ1) is 12.5. The summed E-state index contributed by atoms with van der Waals surface area (Å²) < 4.78 is 0. The third-order valence-electron chi connectivity index (χ3n) is 3.65. The monoisotopic (exact) mass is 233 g/mol. The second-order valence-corrected chi connectivity index (χ2v) is 5.24. The van der Waals surface area contributed by atoms with Gasteiger partial charge in [-0.3, -0.25) is 4.98 Å². The fourth-order valence-electron chi connectivity index (χ4n) is 2.78. The SMILES string of the molecule is CN(C)CC(c1ccncc1)C1CCNCC1. The summed E-state index contributed by atoms with van der Waals surface area (Å²) in [7, 11) is 4.32. The lowest BCUT2D eigenvalue weighted by Gasteiger charge is -2.32. The molecule has 2 heterocycles. The van der Waals surface area contributed by atoms with Crippen LogP contribution in [0.2, 0.25) is 0 Å². The van der Waals surface area contributed by atoms with E-state index in [0.29, 0.717) is 5.92 Å². The summed E-state index contributed by atoms with van der Waals surface area (Å²) in [6.07, 6.45) is 6.42. The van der Waals surface area contributed by atoms with E-state index in [9.17, 15) is 0 Å². The Labute approximate surface area is 104 Å². The molecule has 0 saturated carbocycles. The van der Waals surface area contributed by atoms with Gasteiger partial charge in [-0.1, -0.05) is 0 Å². The topological polar surface area (TPSA) is 28.2 Å². The molecule has 1 aliphatic heterocycles. The minimum absolute atomic E-state index is 0.648. The van der Waals surface area contributed by atoms with Crippen LogP contribution in [0, 0.1) is 5.92 Å². The summed E-state index contributed by atoms with van der Waals surface area (Å²) in [5.41, 5.74) is 1.45. The highest BCUT2D eigenvalue weighted by atomic mass is 15.1. The van der Waals surface area contributed by atoms with Gasteiger partial charge in [0.15, 0.2) is 0 Å². The highest BCUT2D eigenvalue weighted by Crippen LogP contribution is 2.31. The van der Waals surface area contributed by atoms with Crippen LogP contribution in [0.3, 0.4) is 0 Å². The molecule has 17 heavy (non-hydrogen) atoms. The zero-order valence-corrected chi connectivity index (χ0v) is 10.9. The van der Waals surface area contributed by atoms with Gasteiger partial charge in [-0.25, -0.2) is 0 Å². The first-order valence-electron chi connectivity index (χ1n) is 6.52. The molecule has 3 nitrogen and oxygen atoms in total. The highest BCUT2D eigenvalue weighted by molar-refractivity contribution is 5.17. The first-order chi connectivity index (χ1) is 8.27. The minimum Gasteiger partial charge on any atom is -0.317 e. The number of nitrogens with one attached hydrogen (secondary N) is 1. The number of piperidine rings is 1. The van der Waals surface area contributed by atoms with Crippen LogP contribution in [0.1, 0.15) is 24.3 Å². The van der Waals surface area contributed by atoms with Crippen molar-refractivity contribution in [2.75, 3.05) is 33.7 Å². The van der Waals surface area contributed by atoms with Gasteiger partial charge in [0.05, 0.1) is 0 Å². The summed E-state index contributed by atoms with van der Waals surface area (Å²) in [6.45, 7) is 3.47. The lowest BCUT2D eigenvalue weighted by molar-refractivity contribution is 0.261. The number of hydrogen-bond donors (Lipinski definition) is 1. The normalized spacial score (nSPS) is 19.5. The fraction of sp³-hybridized carbons (Fsp3) is 0.643. The highest BCUT2D eigenvalue weighted by Gasteiger charge is 2.25. The van der Waals surface area contributed by atoms with Crippen LogP contribution in [0.5, 0.6) is 0 Å². The number of pyridine rings is 1. The maximum atomic E-state index is 4.13. The van der Waals surface area contributed by atoms with Crippen LogP contribution in [0.25, 0.3) is 0 Å². The van der Waals surface area contributed by atoms with Gasteiger partial charge < -0.3 is 10.2 Å². The van der Waals surface area contributed by atoms with Crippen molar-refractivity contribution >= 4 is 0 Å². The minimum atomic E-state index is 0.648. The molecule has 2 rings (SSSR count). The molecule has 1 aromatic rings. The van der Waals surface area contributed by atoms with E-state index in [1.807, 2.05) is 12.4 Å². The van der Waals surface area contributed by atoms with Crippen LogP contribution in [0.15, 0.2) is 24.5 Å². The van der Waals surface area contributed by atoms with E-state index < -0.39 is 0 Å². The van der Waals surface area contributed by atoms with Crippen molar-refractivity contribution in [3.63, 3.8) is 0 Å². The summed E-state index contributed by atoms with van der Waals surface area (Å²) in [5, 5.41) is 3.45. The van der Waals surface area contributed by atoms with Crippen molar-refractivity contribution in [3.8, 4) is 0 Å². The molecule has 94 valence electrons. The molecule has 1 aromatic heterocycles. The molecule has 0 radical (unpaired) electrons. The smallest absolute Gasteiger partial charge is 0.0270 e. The molecule has 0 aromatic carbocycles. The molecule has 0 spiro atoms. The van der Waals surface area contributed by atoms with Gasteiger partial charge in [0.1, 0.15) is 0 Å². The summed E-state index contributed by atoms with van der Waals surface area (Å²) >= 11 is 0. The Kier molecular flexibility index (Phi) is 4.51. The van der Waals surface area contributed by atoms with Gasteiger partial charge in [0, 0.05) is 18.9 Å². The van der Waals surface area contributed by atoms with Crippen molar-refractivity contribution in [1.29, 1.82) is 0 Å². The second-order valence-electron chi connectivity index (χ2n) is 5.24. The van der Waals surface area contributed by atoms with E-state index in [2.05, 4.69) is 41.4 Å². The van der Waals surface area contributed by atoms with E-state index in [1.54, 1.807) is 0 Å². The van der Waals surface area contributed by atoms with Gasteiger partial charge in [-0.05, 0) is 69.6 Å². The number of rotatable bonds is 4. The van der Waals surface area contributed by atoms with Crippen LogP contribution in [-0.4, -0.2) is 43.6 Å². The Hall–Kier alpha value is -0.930. The lowest BCUT2D eigenvalue weighted by Crippen LogP contribution is -2.34. The van der Waals surface area contributed by atoms with E-state index in [-0.39, 0.29) is 0 Å². The fourth-order valence-corrected chi connectivity index (χ4v) is 2.78. The third kappa shape index (κ3) is 3.51. The maximum absolute atomic E-state index is 4.13. The van der Waals surface area contributed by atoms with E-state index in [4.69, 9.17) is 0 Å². The zero-order chi connectivity index (χ0) is 12.1. The Bertz CT molecular complexity index is 317. The zero-order valence-electron chi connectivity index (χ0n) is 10.9. The van der Waals surface area contributed by atoms with Crippen LogP contribution in [0.4, 0.5) is 0 Å². The summed E-state index contributed by atoms with van der Waals surface area (Å²) in [4.78, 5) is 6.42. The standard InChI is InChI=1S/C14H23N3/c1-17(2)11-14(12-3-7-15-8-4-12)13-5-9-16-10-6-13/h3-4,7-8,13-14,16H,5-6,9-11H2,1-2H3. The van der Waals surface area contributed by atoms with Gasteiger partial charge >= 0.3 is 0 Å². The number of aromatic nitrogens is 1. The van der Waals surface area contributed by atoms with E-state index in [1.165, 1.54) is 31.5 Å². The quantitative estimate of drug-likeness (QED) is 0.858. The van der Waals surface area contributed by atoms with Crippen LogP contribution in [-0.2, 0) is 0 Å². The summed E-state index contributed by atoms with van der Waals surface area (Å²) in [6, 6.07) is 4.35. The molecule has 3 heteroatoms. The molecule has 0 aliphatic carbocycles.